The van der Waals surface area contributed by atoms with Crippen molar-refractivity contribution < 1.29 is 9.21 Å². The number of aromatic nitrogens is 1. The second kappa shape index (κ2) is 5.65. The Morgan fingerprint density at radius 2 is 2.00 bits per heavy atom. The number of aryl methyl sites for hydroxylation is 1. The van der Waals surface area contributed by atoms with E-state index >= 15 is 0 Å². The smallest absolute Gasteiger partial charge is 0.251 e. The first kappa shape index (κ1) is 13.2. The number of nitrogens with zero attached hydrogens (tertiary/aromatic N) is 1. The van der Waals surface area contributed by atoms with Crippen LogP contribution in [0.1, 0.15) is 54.8 Å². The van der Waals surface area contributed by atoms with E-state index in [-0.39, 0.29) is 5.91 Å². The van der Waals surface area contributed by atoms with E-state index in [1.807, 2.05) is 13.0 Å². The van der Waals surface area contributed by atoms with Crippen LogP contribution in [0.3, 0.4) is 0 Å². The Bertz CT molecular complexity index is 610. The third kappa shape index (κ3) is 2.84. The van der Waals surface area contributed by atoms with E-state index in [2.05, 4.69) is 10.3 Å². The summed E-state index contributed by atoms with van der Waals surface area (Å²) in [7, 11) is 0. The van der Waals surface area contributed by atoms with E-state index in [9.17, 15) is 4.79 Å². The fraction of sp³-hybridized carbons (Fsp3) is 0.500. The highest BCUT2D eigenvalue weighted by molar-refractivity contribution is 5.97. The summed E-state index contributed by atoms with van der Waals surface area (Å²) in [6.07, 6.45) is 7.19. The van der Waals surface area contributed by atoms with Crippen molar-refractivity contribution in [1.29, 1.82) is 0 Å². The van der Waals surface area contributed by atoms with Gasteiger partial charge in [0.25, 0.3) is 5.91 Å². The maximum absolute atomic E-state index is 12.3. The summed E-state index contributed by atoms with van der Waals surface area (Å²) in [5.41, 5.74) is 2.14. The minimum atomic E-state index is -0.000506. The molecule has 1 amide bonds. The molecule has 0 saturated heterocycles. The number of carbonyl (C=O) groups is 1. The van der Waals surface area contributed by atoms with Crippen LogP contribution >= 0.6 is 0 Å². The minimum Gasteiger partial charge on any atom is -0.441 e. The molecule has 4 heteroatoms. The molecule has 0 aliphatic heterocycles. The predicted octanol–water partition coefficient (Wildman–Crippen LogP) is 3.59. The van der Waals surface area contributed by atoms with Crippen LogP contribution in [-0.4, -0.2) is 16.9 Å². The molecule has 0 spiro atoms. The SMILES string of the molecule is Cc1nc2cc(C(=O)NC3CCCCCC3)ccc2o1. The van der Waals surface area contributed by atoms with Gasteiger partial charge in [-0.15, -0.1) is 0 Å². The summed E-state index contributed by atoms with van der Waals surface area (Å²) < 4.78 is 5.43. The highest BCUT2D eigenvalue weighted by Gasteiger charge is 2.16. The molecule has 4 nitrogen and oxygen atoms in total. The van der Waals surface area contributed by atoms with Crippen LogP contribution in [0, 0.1) is 6.92 Å². The summed E-state index contributed by atoms with van der Waals surface area (Å²) in [5.74, 6) is 0.626. The third-order valence-electron chi connectivity index (χ3n) is 3.95. The Hall–Kier alpha value is -1.84. The van der Waals surface area contributed by atoms with Gasteiger partial charge in [0, 0.05) is 18.5 Å². The van der Waals surface area contributed by atoms with Crippen molar-refractivity contribution in [1.82, 2.24) is 10.3 Å². The van der Waals surface area contributed by atoms with Gasteiger partial charge in [-0.2, -0.15) is 0 Å². The van der Waals surface area contributed by atoms with Crippen molar-refractivity contribution in [2.24, 2.45) is 0 Å². The molecular formula is C16H20N2O2. The third-order valence-corrected chi connectivity index (χ3v) is 3.95. The predicted molar refractivity (Wildman–Crippen MR) is 77.7 cm³/mol. The first-order valence-corrected chi connectivity index (χ1v) is 7.40. The zero-order valence-corrected chi connectivity index (χ0v) is 11.8. The maximum atomic E-state index is 12.3. The Balaban J connectivity index is 1.74. The van der Waals surface area contributed by atoms with Gasteiger partial charge in [0.2, 0.25) is 0 Å². The first-order valence-electron chi connectivity index (χ1n) is 7.40. The quantitative estimate of drug-likeness (QED) is 0.850. The molecule has 1 aliphatic carbocycles. The lowest BCUT2D eigenvalue weighted by atomic mass is 10.1. The van der Waals surface area contributed by atoms with E-state index in [1.165, 1.54) is 25.7 Å². The van der Waals surface area contributed by atoms with Crippen LogP contribution in [0.4, 0.5) is 0 Å². The lowest BCUT2D eigenvalue weighted by molar-refractivity contribution is 0.0933. The second-order valence-corrected chi connectivity index (χ2v) is 5.58. The molecule has 106 valence electrons. The topological polar surface area (TPSA) is 55.1 Å². The van der Waals surface area contributed by atoms with Gasteiger partial charge in [-0.05, 0) is 31.0 Å². The normalized spacial score (nSPS) is 17.1. The van der Waals surface area contributed by atoms with Gasteiger partial charge in [-0.3, -0.25) is 4.79 Å². The molecule has 2 aromatic rings. The Kier molecular flexibility index (Phi) is 3.72. The number of rotatable bonds is 2. The lowest BCUT2D eigenvalue weighted by Gasteiger charge is -2.16. The Labute approximate surface area is 118 Å². The van der Waals surface area contributed by atoms with Crippen LogP contribution in [-0.2, 0) is 0 Å². The van der Waals surface area contributed by atoms with Gasteiger partial charge in [0.1, 0.15) is 5.52 Å². The number of oxazole rings is 1. The van der Waals surface area contributed by atoms with E-state index in [0.29, 0.717) is 17.5 Å². The zero-order valence-electron chi connectivity index (χ0n) is 11.8. The van der Waals surface area contributed by atoms with Gasteiger partial charge in [0.05, 0.1) is 0 Å². The lowest BCUT2D eigenvalue weighted by Crippen LogP contribution is -2.34. The van der Waals surface area contributed by atoms with Crippen molar-refractivity contribution >= 4 is 17.0 Å². The molecule has 1 saturated carbocycles. The molecular weight excluding hydrogens is 252 g/mol. The summed E-state index contributed by atoms with van der Waals surface area (Å²) >= 11 is 0. The van der Waals surface area contributed by atoms with E-state index < -0.39 is 0 Å². The van der Waals surface area contributed by atoms with Crippen molar-refractivity contribution in [2.45, 2.75) is 51.5 Å². The number of fused-ring (bicyclic) bond motifs is 1. The monoisotopic (exact) mass is 272 g/mol. The van der Waals surface area contributed by atoms with Crippen LogP contribution < -0.4 is 5.32 Å². The van der Waals surface area contributed by atoms with E-state index in [4.69, 9.17) is 4.42 Å². The summed E-state index contributed by atoms with van der Waals surface area (Å²) in [5, 5.41) is 3.15. The molecule has 3 rings (SSSR count). The fourth-order valence-corrected chi connectivity index (χ4v) is 2.88. The number of benzene rings is 1. The number of hydrogen-bond acceptors (Lipinski definition) is 3. The molecule has 0 atom stereocenters. The van der Waals surface area contributed by atoms with Crippen molar-refractivity contribution in [2.75, 3.05) is 0 Å². The van der Waals surface area contributed by atoms with Crippen LogP contribution in [0.15, 0.2) is 22.6 Å². The Morgan fingerprint density at radius 3 is 2.75 bits per heavy atom. The molecule has 1 aromatic heterocycles. The first-order chi connectivity index (χ1) is 9.72. The number of amides is 1. The van der Waals surface area contributed by atoms with Gasteiger partial charge >= 0.3 is 0 Å². The highest BCUT2D eigenvalue weighted by atomic mass is 16.3. The van der Waals surface area contributed by atoms with Crippen LogP contribution in [0.5, 0.6) is 0 Å². The molecule has 1 aliphatic rings. The molecule has 1 fully saturated rings. The molecule has 0 unspecified atom stereocenters. The molecule has 0 bridgehead atoms. The second-order valence-electron chi connectivity index (χ2n) is 5.58. The number of carbonyl (C=O) groups excluding carboxylic acids is 1. The number of hydrogen-bond donors (Lipinski definition) is 1. The van der Waals surface area contributed by atoms with E-state index in [1.54, 1.807) is 12.1 Å². The summed E-state index contributed by atoms with van der Waals surface area (Å²) in [6.45, 7) is 1.81. The molecule has 1 N–H and O–H groups in total. The Morgan fingerprint density at radius 1 is 1.25 bits per heavy atom. The van der Waals surface area contributed by atoms with Crippen molar-refractivity contribution in [3.05, 3.63) is 29.7 Å². The minimum absolute atomic E-state index is 0.000506. The van der Waals surface area contributed by atoms with Gasteiger partial charge in [0.15, 0.2) is 11.5 Å². The van der Waals surface area contributed by atoms with Gasteiger partial charge < -0.3 is 9.73 Å². The van der Waals surface area contributed by atoms with Crippen molar-refractivity contribution in [3.8, 4) is 0 Å². The fourth-order valence-electron chi connectivity index (χ4n) is 2.88. The highest BCUT2D eigenvalue weighted by Crippen LogP contribution is 2.19. The van der Waals surface area contributed by atoms with Gasteiger partial charge in [-0.25, -0.2) is 4.98 Å². The molecule has 1 aromatic carbocycles. The molecule has 1 heterocycles. The standard InChI is InChI=1S/C16H20N2O2/c1-11-17-14-10-12(8-9-15(14)20-11)16(19)18-13-6-4-2-3-5-7-13/h8-10,13H,2-7H2,1H3,(H,18,19). The number of nitrogens with one attached hydrogen (secondary N) is 1. The van der Waals surface area contributed by atoms with Crippen LogP contribution in [0.25, 0.3) is 11.1 Å². The van der Waals surface area contributed by atoms with Crippen LogP contribution in [0.2, 0.25) is 0 Å². The largest absolute Gasteiger partial charge is 0.441 e. The van der Waals surface area contributed by atoms with Gasteiger partial charge in [-0.1, -0.05) is 25.7 Å². The zero-order chi connectivity index (χ0) is 13.9. The summed E-state index contributed by atoms with van der Waals surface area (Å²) in [4.78, 5) is 16.6. The summed E-state index contributed by atoms with van der Waals surface area (Å²) in [6, 6.07) is 5.74. The molecule has 0 radical (unpaired) electrons. The van der Waals surface area contributed by atoms with E-state index in [0.717, 1.165) is 23.9 Å². The average molecular weight is 272 g/mol. The molecule has 20 heavy (non-hydrogen) atoms. The van der Waals surface area contributed by atoms with Crippen molar-refractivity contribution in [3.63, 3.8) is 0 Å². The maximum Gasteiger partial charge on any atom is 0.251 e. The average Bonchev–Trinajstić information content (AvgIpc) is 2.62.